The molecule has 1 aromatic rings. The number of hydrogen-bond acceptors (Lipinski definition) is 4. The van der Waals surface area contributed by atoms with Gasteiger partial charge in [-0.1, -0.05) is 6.92 Å². The molecule has 3 nitrogen and oxygen atoms in total. The van der Waals surface area contributed by atoms with E-state index >= 15 is 0 Å². The summed E-state index contributed by atoms with van der Waals surface area (Å²) in [6.07, 6.45) is 2.30. The maximum Gasteiger partial charge on any atom is 0.0926 e. The average Bonchev–Trinajstić information content (AvgIpc) is 2.87. The van der Waals surface area contributed by atoms with E-state index in [2.05, 4.69) is 22.2 Å². The predicted octanol–water partition coefficient (Wildman–Crippen LogP) is 1.49. The third-order valence-electron chi connectivity index (χ3n) is 2.99. The average molecular weight is 225 g/mol. The molecule has 15 heavy (non-hydrogen) atoms. The third-order valence-corrected chi connectivity index (χ3v) is 4.03. The Labute approximate surface area is 95.3 Å². The molecule has 2 N–H and O–H groups in total. The topological polar surface area (TPSA) is 42.2 Å². The maximum atomic E-state index is 5.67. The zero-order valence-electron chi connectivity index (χ0n) is 9.28. The molecule has 1 aliphatic rings. The maximum absolute atomic E-state index is 5.67. The molecule has 1 unspecified atom stereocenters. The highest BCUT2D eigenvalue weighted by Crippen LogP contribution is 2.18. The zero-order chi connectivity index (χ0) is 10.7. The summed E-state index contributed by atoms with van der Waals surface area (Å²) >= 11 is 1.78. The van der Waals surface area contributed by atoms with Crippen LogP contribution >= 0.6 is 11.3 Å². The van der Waals surface area contributed by atoms with E-state index < -0.39 is 0 Å². The first-order valence-electron chi connectivity index (χ1n) is 5.67. The number of aromatic nitrogens is 1. The molecular weight excluding hydrogens is 206 g/mol. The summed E-state index contributed by atoms with van der Waals surface area (Å²) in [6.45, 7) is 6.32. The van der Waals surface area contributed by atoms with E-state index in [1.165, 1.54) is 23.7 Å². The van der Waals surface area contributed by atoms with Crippen LogP contribution in [-0.2, 0) is 13.0 Å². The van der Waals surface area contributed by atoms with Gasteiger partial charge in [-0.25, -0.2) is 4.98 Å². The van der Waals surface area contributed by atoms with Crippen molar-refractivity contribution in [3.63, 3.8) is 0 Å². The second-order valence-electron chi connectivity index (χ2n) is 4.21. The van der Waals surface area contributed by atoms with Crippen molar-refractivity contribution >= 4 is 11.3 Å². The lowest BCUT2D eigenvalue weighted by atomic mass is 10.1. The summed E-state index contributed by atoms with van der Waals surface area (Å²) in [5.41, 5.74) is 6.91. The number of nitrogens with zero attached hydrogens (tertiary/aromatic N) is 2. The Morgan fingerprint density at radius 3 is 3.13 bits per heavy atom. The van der Waals surface area contributed by atoms with Gasteiger partial charge in [0.1, 0.15) is 0 Å². The molecule has 4 heteroatoms. The number of hydrogen-bond donors (Lipinski definition) is 1. The van der Waals surface area contributed by atoms with Gasteiger partial charge >= 0.3 is 0 Å². The quantitative estimate of drug-likeness (QED) is 0.844. The Balaban J connectivity index is 1.87. The fourth-order valence-corrected chi connectivity index (χ4v) is 2.80. The van der Waals surface area contributed by atoms with E-state index in [1.807, 2.05) is 0 Å². The third kappa shape index (κ3) is 2.77. The van der Waals surface area contributed by atoms with Crippen molar-refractivity contribution < 1.29 is 0 Å². The van der Waals surface area contributed by atoms with E-state index in [0.29, 0.717) is 5.92 Å². The fraction of sp³-hybridized carbons (Fsp3) is 0.727. The molecule has 0 saturated carbocycles. The standard InChI is InChI=1S/C11H19N3S/c1-2-11-13-10(8-15-11)7-14-4-3-9(5-12)6-14/h8-9H,2-7,12H2,1H3. The van der Waals surface area contributed by atoms with Crippen molar-refractivity contribution in [3.8, 4) is 0 Å². The molecule has 0 bridgehead atoms. The van der Waals surface area contributed by atoms with Crippen molar-refractivity contribution in [2.75, 3.05) is 19.6 Å². The molecule has 1 fully saturated rings. The van der Waals surface area contributed by atoms with Crippen LogP contribution in [0.5, 0.6) is 0 Å². The smallest absolute Gasteiger partial charge is 0.0926 e. The predicted molar refractivity (Wildman–Crippen MR) is 63.9 cm³/mol. The summed E-state index contributed by atoms with van der Waals surface area (Å²) < 4.78 is 0. The van der Waals surface area contributed by atoms with E-state index in [9.17, 15) is 0 Å². The van der Waals surface area contributed by atoms with Crippen molar-refractivity contribution in [1.29, 1.82) is 0 Å². The summed E-state index contributed by atoms with van der Waals surface area (Å²) in [5, 5.41) is 3.44. The van der Waals surface area contributed by atoms with Crippen LogP contribution in [0.15, 0.2) is 5.38 Å². The van der Waals surface area contributed by atoms with Gasteiger partial charge in [-0.05, 0) is 31.8 Å². The zero-order valence-corrected chi connectivity index (χ0v) is 10.1. The van der Waals surface area contributed by atoms with Gasteiger partial charge in [-0.2, -0.15) is 0 Å². The molecule has 84 valence electrons. The molecule has 1 aliphatic heterocycles. The fourth-order valence-electron chi connectivity index (χ4n) is 2.06. The molecule has 2 rings (SSSR count). The van der Waals surface area contributed by atoms with Gasteiger partial charge in [0.05, 0.1) is 10.7 Å². The van der Waals surface area contributed by atoms with E-state index in [0.717, 1.165) is 26.1 Å². The van der Waals surface area contributed by atoms with Crippen molar-refractivity contribution in [2.45, 2.75) is 26.3 Å². The Morgan fingerprint density at radius 1 is 1.67 bits per heavy atom. The van der Waals surface area contributed by atoms with E-state index in [-0.39, 0.29) is 0 Å². The summed E-state index contributed by atoms with van der Waals surface area (Å²) in [7, 11) is 0. The molecule has 0 radical (unpaired) electrons. The summed E-state index contributed by atoms with van der Waals surface area (Å²) in [4.78, 5) is 7.05. The van der Waals surface area contributed by atoms with Gasteiger partial charge in [-0.15, -0.1) is 11.3 Å². The van der Waals surface area contributed by atoms with Crippen LogP contribution < -0.4 is 5.73 Å². The highest BCUT2D eigenvalue weighted by Gasteiger charge is 2.21. The second kappa shape index (κ2) is 5.05. The molecule has 1 atom stereocenters. The van der Waals surface area contributed by atoms with Crippen LogP contribution in [0.1, 0.15) is 24.0 Å². The number of nitrogens with two attached hydrogens (primary N) is 1. The molecule has 0 aliphatic carbocycles. The largest absolute Gasteiger partial charge is 0.330 e. The molecule has 1 aromatic heterocycles. The first-order valence-corrected chi connectivity index (χ1v) is 6.55. The van der Waals surface area contributed by atoms with Gasteiger partial charge in [0.2, 0.25) is 0 Å². The summed E-state index contributed by atoms with van der Waals surface area (Å²) in [6, 6.07) is 0. The van der Waals surface area contributed by atoms with Crippen LogP contribution in [0, 0.1) is 5.92 Å². The normalized spacial score (nSPS) is 22.4. The lowest BCUT2D eigenvalue weighted by molar-refractivity contribution is 0.314. The SMILES string of the molecule is CCc1nc(CN2CCC(CN)C2)cs1. The molecule has 0 spiro atoms. The molecule has 1 saturated heterocycles. The second-order valence-corrected chi connectivity index (χ2v) is 5.15. The van der Waals surface area contributed by atoms with Crippen LogP contribution in [0.25, 0.3) is 0 Å². The Kier molecular flexibility index (Phi) is 3.72. The number of thiazole rings is 1. The van der Waals surface area contributed by atoms with Crippen molar-refractivity contribution in [3.05, 3.63) is 16.1 Å². The molecular formula is C11H19N3S. The lowest BCUT2D eigenvalue weighted by Gasteiger charge is -2.13. The van der Waals surface area contributed by atoms with Gasteiger partial charge in [0.15, 0.2) is 0 Å². The van der Waals surface area contributed by atoms with Crippen LogP contribution in [-0.4, -0.2) is 29.5 Å². The highest BCUT2D eigenvalue weighted by atomic mass is 32.1. The highest BCUT2D eigenvalue weighted by molar-refractivity contribution is 7.09. The molecule has 2 heterocycles. The van der Waals surface area contributed by atoms with Crippen LogP contribution in [0.3, 0.4) is 0 Å². The minimum Gasteiger partial charge on any atom is -0.330 e. The van der Waals surface area contributed by atoms with Crippen LogP contribution in [0.2, 0.25) is 0 Å². The van der Waals surface area contributed by atoms with Crippen molar-refractivity contribution in [2.24, 2.45) is 11.7 Å². The van der Waals surface area contributed by atoms with Gasteiger partial charge in [-0.3, -0.25) is 4.90 Å². The van der Waals surface area contributed by atoms with Gasteiger partial charge in [0.25, 0.3) is 0 Å². The first kappa shape index (κ1) is 11.0. The van der Waals surface area contributed by atoms with Gasteiger partial charge in [0, 0.05) is 18.5 Å². The Morgan fingerprint density at radius 2 is 2.53 bits per heavy atom. The number of aryl methyl sites for hydroxylation is 1. The van der Waals surface area contributed by atoms with Gasteiger partial charge < -0.3 is 5.73 Å². The van der Waals surface area contributed by atoms with E-state index in [4.69, 9.17) is 5.73 Å². The van der Waals surface area contributed by atoms with E-state index in [1.54, 1.807) is 11.3 Å². The minimum atomic E-state index is 0.703. The molecule has 0 amide bonds. The summed E-state index contributed by atoms with van der Waals surface area (Å²) in [5.74, 6) is 0.703. The lowest BCUT2D eigenvalue weighted by Crippen LogP contribution is -2.22. The Hall–Kier alpha value is -0.450. The molecule has 0 aromatic carbocycles. The minimum absolute atomic E-state index is 0.703. The van der Waals surface area contributed by atoms with Crippen molar-refractivity contribution in [1.82, 2.24) is 9.88 Å². The Bertz CT molecular complexity index is 311. The first-order chi connectivity index (χ1) is 7.31. The monoisotopic (exact) mass is 225 g/mol. The van der Waals surface area contributed by atoms with Crippen LogP contribution in [0.4, 0.5) is 0 Å². The number of rotatable bonds is 4. The number of likely N-dealkylation sites (tertiary alicyclic amines) is 1.